The lowest BCUT2D eigenvalue weighted by Gasteiger charge is -2.25. The molecule has 3 aromatic rings. The van der Waals surface area contributed by atoms with Gasteiger partial charge < -0.3 is 14.8 Å². The van der Waals surface area contributed by atoms with Gasteiger partial charge in [-0.3, -0.25) is 4.79 Å². The van der Waals surface area contributed by atoms with E-state index in [2.05, 4.69) is 11.1 Å². The second kappa shape index (κ2) is 7.06. The van der Waals surface area contributed by atoms with E-state index in [1.807, 2.05) is 18.2 Å². The van der Waals surface area contributed by atoms with Crippen molar-refractivity contribution in [2.75, 3.05) is 12.4 Å². The SMILES string of the molecule is O=c1[nH]c2cc(Cl)cc(Cl)c2c(O)c1SCC1COc2ccccc2C1. The van der Waals surface area contributed by atoms with Crippen molar-refractivity contribution in [2.45, 2.75) is 11.3 Å². The lowest BCUT2D eigenvalue weighted by Crippen LogP contribution is -2.23. The zero-order chi connectivity index (χ0) is 18.3. The number of fused-ring (bicyclic) bond motifs is 2. The molecule has 2 heterocycles. The van der Waals surface area contributed by atoms with Crippen molar-refractivity contribution in [2.24, 2.45) is 5.92 Å². The molecular formula is C19H15Cl2NO3S. The first kappa shape index (κ1) is 17.6. The van der Waals surface area contributed by atoms with E-state index in [1.54, 1.807) is 12.1 Å². The number of para-hydroxylation sites is 1. The summed E-state index contributed by atoms with van der Waals surface area (Å²) in [5, 5.41) is 11.7. The van der Waals surface area contributed by atoms with E-state index in [1.165, 1.54) is 17.3 Å². The predicted octanol–water partition coefficient (Wildman–Crippen LogP) is 4.88. The number of benzene rings is 2. The van der Waals surface area contributed by atoms with E-state index >= 15 is 0 Å². The Kier molecular flexibility index (Phi) is 4.78. The molecule has 0 saturated heterocycles. The second-order valence-corrected chi connectivity index (χ2v) is 8.12. The average molecular weight is 408 g/mol. The zero-order valence-corrected chi connectivity index (χ0v) is 15.9. The Morgan fingerprint density at radius 3 is 2.92 bits per heavy atom. The second-order valence-electron chi connectivity index (χ2n) is 6.24. The summed E-state index contributed by atoms with van der Waals surface area (Å²) in [5.74, 6) is 1.73. The molecule has 1 aliphatic heterocycles. The van der Waals surface area contributed by atoms with Crippen LogP contribution in [0, 0.1) is 5.92 Å². The quantitative estimate of drug-likeness (QED) is 0.607. The molecule has 0 amide bonds. The third-order valence-corrected chi connectivity index (χ3v) is 6.20. The van der Waals surface area contributed by atoms with Crippen LogP contribution in [0.2, 0.25) is 10.0 Å². The van der Waals surface area contributed by atoms with Gasteiger partial charge in [0.1, 0.15) is 16.4 Å². The molecular weight excluding hydrogens is 393 g/mol. The summed E-state index contributed by atoms with van der Waals surface area (Å²) < 4.78 is 5.79. The summed E-state index contributed by atoms with van der Waals surface area (Å²) >= 11 is 13.5. The van der Waals surface area contributed by atoms with E-state index in [9.17, 15) is 9.90 Å². The molecule has 4 nitrogen and oxygen atoms in total. The summed E-state index contributed by atoms with van der Waals surface area (Å²) in [6.07, 6.45) is 0.881. The first-order chi connectivity index (χ1) is 12.5. The fraction of sp³-hybridized carbons (Fsp3) is 0.211. The van der Waals surface area contributed by atoms with Gasteiger partial charge in [-0.25, -0.2) is 0 Å². The van der Waals surface area contributed by atoms with Crippen LogP contribution in [0.25, 0.3) is 10.9 Å². The van der Waals surface area contributed by atoms with Crippen molar-refractivity contribution in [3.8, 4) is 11.5 Å². The molecule has 2 aromatic carbocycles. The van der Waals surface area contributed by atoms with Crippen LogP contribution in [-0.2, 0) is 6.42 Å². The number of halogens is 2. The Bertz CT molecular complexity index is 1050. The molecule has 134 valence electrons. The summed E-state index contributed by atoms with van der Waals surface area (Å²) in [6, 6.07) is 11.1. The number of aromatic nitrogens is 1. The highest BCUT2D eigenvalue weighted by Crippen LogP contribution is 2.38. The molecule has 4 rings (SSSR count). The number of aromatic hydroxyl groups is 1. The Morgan fingerprint density at radius 2 is 2.08 bits per heavy atom. The van der Waals surface area contributed by atoms with Gasteiger partial charge in [-0.2, -0.15) is 0 Å². The first-order valence-electron chi connectivity index (χ1n) is 8.10. The maximum atomic E-state index is 12.4. The molecule has 1 aromatic heterocycles. The Balaban J connectivity index is 1.59. The molecule has 2 N–H and O–H groups in total. The third-order valence-electron chi connectivity index (χ3n) is 4.38. The van der Waals surface area contributed by atoms with Gasteiger partial charge in [0, 0.05) is 16.7 Å². The van der Waals surface area contributed by atoms with Crippen LogP contribution in [-0.4, -0.2) is 22.5 Å². The molecule has 1 aliphatic rings. The molecule has 26 heavy (non-hydrogen) atoms. The minimum atomic E-state index is -0.351. The van der Waals surface area contributed by atoms with Crippen LogP contribution >= 0.6 is 35.0 Å². The van der Waals surface area contributed by atoms with Gasteiger partial charge in [-0.05, 0) is 30.2 Å². The van der Waals surface area contributed by atoms with E-state index in [4.69, 9.17) is 27.9 Å². The molecule has 0 radical (unpaired) electrons. The summed E-state index contributed by atoms with van der Waals surface area (Å²) in [6.45, 7) is 0.590. The number of aromatic amines is 1. The van der Waals surface area contributed by atoms with Gasteiger partial charge in [0.25, 0.3) is 5.56 Å². The fourth-order valence-corrected chi connectivity index (χ4v) is 4.77. The van der Waals surface area contributed by atoms with Gasteiger partial charge >= 0.3 is 0 Å². The highest BCUT2D eigenvalue weighted by atomic mass is 35.5. The van der Waals surface area contributed by atoms with Gasteiger partial charge in [0.2, 0.25) is 0 Å². The van der Waals surface area contributed by atoms with Crippen molar-refractivity contribution >= 4 is 45.9 Å². The van der Waals surface area contributed by atoms with Gasteiger partial charge in [-0.15, -0.1) is 11.8 Å². The van der Waals surface area contributed by atoms with Crippen molar-refractivity contribution in [1.82, 2.24) is 4.98 Å². The average Bonchev–Trinajstić information content (AvgIpc) is 2.60. The van der Waals surface area contributed by atoms with Crippen LogP contribution in [0.4, 0.5) is 0 Å². The van der Waals surface area contributed by atoms with Crippen LogP contribution < -0.4 is 10.3 Å². The predicted molar refractivity (Wildman–Crippen MR) is 106 cm³/mol. The molecule has 0 aliphatic carbocycles. The maximum Gasteiger partial charge on any atom is 0.265 e. The molecule has 0 spiro atoms. The van der Waals surface area contributed by atoms with E-state index in [0.29, 0.717) is 33.3 Å². The van der Waals surface area contributed by atoms with Crippen molar-refractivity contribution in [3.63, 3.8) is 0 Å². The number of rotatable bonds is 3. The molecule has 7 heteroatoms. The maximum absolute atomic E-state index is 12.4. The van der Waals surface area contributed by atoms with Gasteiger partial charge in [0.05, 0.1) is 22.5 Å². The number of hydrogen-bond donors (Lipinski definition) is 2. The smallest absolute Gasteiger partial charge is 0.265 e. The topological polar surface area (TPSA) is 62.3 Å². The molecule has 0 fully saturated rings. The van der Waals surface area contributed by atoms with Crippen LogP contribution in [0.5, 0.6) is 11.5 Å². The number of nitrogens with one attached hydrogen (secondary N) is 1. The minimum absolute atomic E-state index is 0.104. The largest absolute Gasteiger partial charge is 0.506 e. The number of pyridine rings is 1. The van der Waals surface area contributed by atoms with E-state index in [0.717, 1.165) is 12.2 Å². The highest BCUT2D eigenvalue weighted by Gasteiger charge is 2.22. The molecule has 0 bridgehead atoms. The van der Waals surface area contributed by atoms with E-state index in [-0.39, 0.29) is 22.1 Å². The number of ether oxygens (including phenoxy) is 1. The molecule has 1 unspecified atom stereocenters. The lowest BCUT2D eigenvalue weighted by molar-refractivity contribution is 0.236. The first-order valence-corrected chi connectivity index (χ1v) is 9.84. The fourth-order valence-electron chi connectivity index (χ4n) is 3.15. The van der Waals surface area contributed by atoms with Crippen LogP contribution in [0.15, 0.2) is 46.1 Å². The lowest BCUT2D eigenvalue weighted by atomic mass is 9.98. The van der Waals surface area contributed by atoms with Crippen LogP contribution in [0.3, 0.4) is 0 Å². The monoisotopic (exact) mass is 407 g/mol. The molecule has 1 atom stereocenters. The highest BCUT2D eigenvalue weighted by molar-refractivity contribution is 7.99. The number of thioether (sulfide) groups is 1. The molecule has 0 saturated carbocycles. The van der Waals surface area contributed by atoms with Gasteiger partial charge in [0.15, 0.2) is 0 Å². The normalized spacial score (nSPS) is 16.3. The summed E-state index contributed by atoms with van der Waals surface area (Å²) in [7, 11) is 0. The zero-order valence-electron chi connectivity index (χ0n) is 13.6. The standard InChI is InChI=1S/C19H15Cl2NO3S/c20-12-6-13(21)16-14(7-12)22-19(24)18(17(16)23)26-9-10-5-11-3-1-2-4-15(11)25-8-10/h1-4,6-7,10H,5,8-9H2,(H2,22,23,24). The van der Waals surface area contributed by atoms with Crippen molar-refractivity contribution in [3.05, 3.63) is 62.4 Å². The van der Waals surface area contributed by atoms with E-state index < -0.39 is 0 Å². The van der Waals surface area contributed by atoms with Crippen molar-refractivity contribution < 1.29 is 9.84 Å². The van der Waals surface area contributed by atoms with Crippen LogP contribution in [0.1, 0.15) is 5.56 Å². The number of H-pyrrole nitrogens is 1. The Labute approximate surface area is 164 Å². The summed E-state index contributed by atoms with van der Waals surface area (Å²) in [5.41, 5.74) is 1.23. The number of hydrogen-bond acceptors (Lipinski definition) is 4. The summed E-state index contributed by atoms with van der Waals surface area (Å²) in [4.78, 5) is 15.4. The minimum Gasteiger partial charge on any atom is -0.506 e. The van der Waals surface area contributed by atoms with Gasteiger partial charge in [-0.1, -0.05) is 41.4 Å². The Hall–Kier alpha value is -1.82. The Morgan fingerprint density at radius 1 is 1.27 bits per heavy atom. The van der Waals surface area contributed by atoms with Crippen molar-refractivity contribution in [1.29, 1.82) is 0 Å². The third kappa shape index (κ3) is 3.27.